The number of carbonyl (C=O) groups is 1. The number of ketones is 1. The van der Waals surface area contributed by atoms with Gasteiger partial charge in [-0.1, -0.05) is 81.5 Å². The minimum Gasteiger partial charge on any atom is -0.289 e. The zero-order chi connectivity index (χ0) is 14.5. The van der Waals surface area contributed by atoms with Crippen molar-refractivity contribution in [2.24, 2.45) is 0 Å². The van der Waals surface area contributed by atoms with Crippen molar-refractivity contribution in [2.75, 3.05) is 0 Å². The first-order valence-corrected chi connectivity index (χ1v) is 6.88. The Morgan fingerprint density at radius 3 is 2.26 bits per heavy atom. The molecule has 0 unspecified atom stereocenters. The lowest BCUT2D eigenvalue weighted by atomic mass is 10.0. The van der Waals surface area contributed by atoms with Crippen molar-refractivity contribution in [3.63, 3.8) is 0 Å². The summed E-state index contributed by atoms with van der Waals surface area (Å²) in [5.41, 5.74) is 1.45. The average molecular weight is 256 g/mol. The van der Waals surface area contributed by atoms with E-state index in [0.717, 1.165) is 17.6 Å². The average Bonchev–Trinajstić information content (AvgIpc) is 2.50. The van der Waals surface area contributed by atoms with E-state index < -0.39 is 0 Å². The first kappa shape index (κ1) is 17.1. The van der Waals surface area contributed by atoms with E-state index in [1.54, 1.807) is 0 Å². The number of hydrogen-bond donors (Lipinski definition) is 0. The van der Waals surface area contributed by atoms with Gasteiger partial charge in [-0.25, -0.2) is 0 Å². The molecule has 102 valence electrons. The van der Waals surface area contributed by atoms with Crippen LogP contribution >= 0.6 is 0 Å². The lowest BCUT2D eigenvalue weighted by Crippen LogP contribution is -2.00. The van der Waals surface area contributed by atoms with E-state index in [-0.39, 0.29) is 5.78 Å². The molecule has 0 aliphatic heterocycles. The topological polar surface area (TPSA) is 17.1 Å². The van der Waals surface area contributed by atoms with Crippen LogP contribution in [-0.4, -0.2) is 5.78 Å². The lowest BCUT2D eigenvalue weighted by molar-refractivity contribution is 0.103. The number of allylic oxidation sites excluding steroid dienone is 6. The third kappa shape index (κ3) is 6.56. The van der Waals surface area contributed by atoms with Crippen LogP contribution in [0, 0.1) is 0 Å². The fourth-order valence-corrected chi connectivity index (χ4v) is 1.43. The minimum absolute atomic E-state index is 0.0641. The summed E-state index contributed by atoms with van der Waals surface area (Å²) >= 11 is 0. The predicted molar refractivity (Wildman–Crippen MR) is 84.4 cm³/mol. The highest BCUT2D eigenvalue weighted by molar-refractivity contribution is 6.10. The van der Waals surface area contributed by atoms with E-state index >= 15 is 0 Å². The quantitative estimate of drug-likeness (QED) is 0.393. The van der Waals surface area contributed by atoms with Gasteiger partial charge in [-0.2, -0.15) is 0 Å². The van der Waals surface area contributed by atoms with Crippen LogP contribution in [0.4, 0.5) is 0 Å². The Balaban J connectivity index is 0.00000154. The maximum absolute atomic E-state index is 12.1. The van der Waals surface area contributed by atoms with Crippen molar-refractivity contribution in [1.29, 1.82) is 0 Å². The SMILES string of the molecule is C/C=C(/C=C\C=C/CC)C(=O)c1ccccc1.CC. The van der Waals surface area contributed by atoms with Gasteiger partial charge in [-0.05, 0) is 13.3 Å². The molecule has 0 aromatic heterocycles. The monoisotopic (exact) mass is 256 g/mol. The van der Waals surface area contributed by atoms with Crippen molar-refractivity contribution in [3.05, 3.63) is 71.8 Å². The molecule has 0 aliphatic carbocycles. The van der Waals surface area contributed by atoms with E-state index in [0.29, 0.717) is 0 Å². The molecule has 19 heavy (non-hydrogen) atoms. The molecule has 0 bridgehead atoms. The Morgan fingerprint density at radius 2 is 1.74 bits per heavy atom. The van der Waals surface area contributed by atoms with E-state index in [1.807, 2.05) is 75.4 Å². The third-order valence-electron chi connectivity index (χ3n) is 2.37. The third-order valence-corrected chi connectivity index (χ3v) is 2.37. The van der Waals surface area contributed by atoms with Gasteiger partial charge >= 0.3 is 0 Å². The Kier molecular flexibility index (Phi) is 10.1. The highest BCUT2D eigenvalue weighted by Gasteiger charge is 2.07. The van der Waals surface area contributed by atoms with Crippen LogP contribution in [0.15, 0.2) is 66.3 Å². The fraction of sp³-hybridized carbons (Fsp3) is 0.278. The number of Topliss-reactive ketones (excluding diaryl/α,β-unsaturated/α-hetero) is 1. The zero-order valence-corrected chi connectivity index (χ0v) is 12.4. The Morgan fingerprint density at radius 1 is 1.11 bits per heavy atom. The maximum atomic E-state index is 12.1. The summed E-state index contributed by atoms with van der Waals surface area (Å²) in [5.74, 6) is 0.0641. The van der Waals surface area contributed by atoms with Gasteiger partial charge in [-0.3, -0.25) is 4.79 Å². The second-order valence-electron chi connectivity index (χ2n) is 3.63. The van der Waals surface area contributed by atoms with Gasteiger partial charge in [0.05, 0.1) is 0 Å². The standard InChI is InChI=1S/C16H18O.C2H6/c1-3-5-6-8-11-14(4-2)16(17)15-12-9-7-10-13-15;1-2/h4-13H,3H2,1-2H3;1-2H3/b6-5-,11-8-,14-4-;. The van der Waals surface area contributed by atoms with Crippen LogP contribution < -0.4 is 0 Å². The summed E-state index contributed by atoms with van der Waals surface area (Å²) in [7, 11) is 0. The Labute approximate surface area is 117 Å². The lowest BCUT2D eigenvalue weighted by Gasteiger charge is -2.00. The molecule has 0 spiro atoms. The molecule has 1 heteroatoms. The van der Waals surface area contributed by atoms with Gasteiger partial charge in [0.25, 0.3) is 0 Å². The summed E-state index contributed by atoms with van der Waals surface area (Å²) in [6.45, 7) is 7.96. The normalized spacial score (nSPS) is 11.5. The van der Waals surface area contributed by atoms with E-state index in [1.165, 1.54) is 0 Å². The van der Waals surface area contributed by atoms with E-state index in [9.17, 15) is 4.79 Å². The molecule has 0 aliphatic rings. The van der Waals surface area contributed by atoms with Crippen LogP contribution in [0.25, 0.3) is 0 Å². The second kappa shape index (κ2) is 11.2. The molecule has 0 N–H and O–H groups in total. The highest BCUT2D eigenvalue weighted by atomic mass is 16.1. The van der Waals surface area contributed by atoms with E-state index in [4.69, 9.17) is 0 Å². The summed E-state index contributed by atoms with van der Waals surface area (Å²) in [6.07, 6.45) is 10.6. The van der Waals surface area contributed by atoms with Gasteiger partial charge in [0.1, 0.15) is 0 Å². The summed E-state index contributed by atoms with van der Waals surface area (Å²) < 4.78 is 0. The van der Waals surface area contributed by atoms with E-state index in [2.05, 4.69) is 13.0 Å². The number of carbonyl (C=O) groups excluding carboxylic acids is 1. The molecule has 0 atom stereocenters. The fourth-order valence-electron chi connectivity index (χ4n) is 1.43. The second-order valence-corrected chi connectivity index (χ2v) is 3.63. The molecule has 0 radical (unpaired) electrons. The van der Waals surface area contributed by atoms with Gasteiger partial charge < -0.3 is 0 Å². The molecule has 0 saturated heterocycles. The van der Waals surface area contributed by atoms with Crippen LogP contribution in [-0.2, 0) is 0 Å². The maximum Gasteiger partial charge on any atom is 0.192 e. The van der Waals surface area contributed by atoms with Gasteiger partial charge in [0.2, 0.25) is 0 Å². The number of rotatable bonds is 5. The summed E-state index contributed by atoms with van der Waals surface area (Å²) in [6, 6.07) is 9.33. The molecule has 0 fully saturated rings. The minimum atomic E-state index is 0.0641. The van der Waals surface area contributed by atoms with Gasteiger partial charge in [0.15, 0.2) is 5.78 Å². The molecule has 1 nitrogen and oxygen atoms in total. The van der Waals surface area contributed by atoms with Gasteiger partial charge in [-0.15, -0.1) is 0 Å². The van der Waals surface area contributed by atoms with Crippen molar-refractivity contribution in [1.82, 2.24) is 0 Å². The molecule has 0 amide bonds. The smallest absolute Gasteiger partial charge is 0.192 e. The van der Waals surface area contributed by atoms with Crippen molar-refractivity contribution in [3.8, 4) is 0 Å². The number of benzene rings is 1. The van der Waals surface area contributed by atoms with Crippen molar-refractivity contribution >= 4 is 5.78 Å². The van der Waals surface area contributed by atoms with Crippen molar-refractivity contribution < 1.29 is 4.79 Å². The largest absolute Gasteiger partial charge is 0.289 e. The molecule has 1 rings (SSSR count). The molecular formula is C18H24O. The predicted octanol–water partition coefficient (Wildman–Crippen LogP) is 5.36. The Hall–Kier alpha value is -1.89. The Bertz CT molecular complexity index is 436. The summed E-state index contributed by atoms with van der Waals surface area (Å²) in [4.78, 5) is 12.1. The highest BCUT2D eigenvalue weighted by Crippen LogP contribution is 2.09. The van der Waals surface area contributed by atoms with Crippen LogP contribution in [0.5, 0.6) is 0 Å². The first-order valence-electron chi connectivity index (χ1n) is 6.88. The van der Waals surface area contributed by atoms with Crippen LogP contribution in [0.3, 0.4) is 0 Å². The summed E-state index contributed by atoms with van der Waals surface area (Å²) in [5, 5.41) is 0. The molecule has 0 heterocycles. The molecule has 1 aromatic rings. The molecule has 1 aromatic carbocycles. The first-order chi connectivity index (χ1) is 9.29. The zero-order valence-electron chi connectivity index (χ0n) is 12.4. The van der Waals surface area contributed by atoms with Crippen molar-refractivity contribution in [2.45, 2.75) is 34.1 Å². The van der Waals surface area contributed by atoms with Crippen LogP contribution in [0.2, 0.25) is 0 Å². The molecule has 0 saturated carbocycles. The molecular weight excluding hydrogens is 232 g/mol. The number of hydrogen-bond acceptors (Lipinski definition) is 1. The van der Waals surface area contributed by atoms with Crippen LogP contribution in [0.1, 0.15) is 44.5 Å². The van der Waals surface area contributed by atoms with Gasteiger partial charge in [0, 0.05) is 11.1 Å².